The van der Waals surface area contributed by atoms with Crippen molar-refractivity contribution in [3.8, 4) is 17.0 Å². The number of alkyl halides is 3. The first kappa shape index (κ1) is 25.8. The van der Waals surface area contributed by atoms with E-state index in [1.807, 2.05) is 0 Å². The Balaban J connectivity index is 1.26. The largest absolute Gasteiger partial charge is 0.491 e. The van der Waals surface area contributed by atoms with Gasteiger partial charge in [0.1, 0.15) is 30.3 Å². The lowest BCUT2D eigenvalue weighted by atomic mass is 9.92. The number of amides is 4. The molecular weight excluding hydrogens is 536 g/mol. The Kier molecular flexibility index (Phi) is 5.82. The van der Waals surface area contributed by atoms with Crippen LogP contribution < -0.4 is 10.1 Å². The van der Waals surface area contributed by atoms with Crippen molar-refractivity contribution in [2.24, 2.45) is 7.05 Å². The number of ether oxygens (including phenoxy) is 1. The molecule has 208 valence electrons. The molecule has 2 atom stereocenters. The van der Waals surface area contributed by atoms with E-state index in [0.717, 1.165) is 17.7 Å². The minimum atomic E-state index is -4.88. The number of hydrogen-bond donors (Lipinski definition) is 1. The number of urea groups is 1. The van der Waals surface area contributed by atoms with Crippen molar-refractivity contribution in [3.05, 3.63) is 65.4 Å². The van der Waals surface area contributed by atoms with Crippen LogP contribution in [-0.2, 0) is 35.1 Å². The van der Waals surface area contributed by atoms with Crippen LogP contribution in [-0.4, -0.2) is 67.8 Å². The third-order valence-corrected chi connectivity index (χ3v) is 7.47. The van der Waals surface area contributed by atoms with E-state index in [-0.39, 0.29) is 17.7 Å². The minimum Gasteiger partial charge on any atom is -0.491 e. The van der Waals surface area contributed by atoms with Gasteiger partial charge < -0.3 is 15.0 Å². The monoisotopic (exact) mass is 558 g/mol. The van der Waals surface area contributed by atoms with Gasteiger partial charge in [0.05, 0.1) is 18.4 Å². The van der Waals surface area contributed by atoms with Gasteiger partial charge in [0.15, 0.2) is 6.04 Å². The lowest BCUT2D eigenvalue weighted by Crippen LogP contribution is -2.53. The van der Waals surface area contributed by atoms with Crippen molar-refractivity contribution >= 4 is 17.8 Å². The van der Waals surface area contributed by atoms with Crippen molar-refractivity contribution in [1.82, 2.24) is 29.9 Å². The van der Waals surface area contributed by atoms with E-state index < -0.39 is 61.1 Å². The van der Waals surface area contributed by atoms with Gasteiger partial charge in [-0.05, 0) is 37.1 Å². The summed E-state index contributed by atoms with van der Waals surface area (Å²) in [6.07, 6.45) is -0.916. The third-order valence-electron chi connectivity index (χ3n) is 7.47. The first-order valence-corrected chi connectivity index (χ1v) is 12.4. The summed E-state index contributed by atoms with van der Waals surface area (Å²) in [6, 6.07) is 3.32. The fourth-order valence-electron chi connectivity index (χ4n) is 5.48. The number of nitrogens with one attached hydrogen (secondary N) is 1. The first-order chi connectivity index (χ1) is 19.0. The second-order valence-electron chi connectivity index (χ2n) is 9.96. The van der Waals surface area contributed by atoms with E-state index in [1.54, 1.807) is 36.3 Å². The van der Waals surface area contributed by atoms with E-state index in [4.69, 9.17) is 4.74 Å². The molecule has 1 N–H and O–H groups in total. The van der Waals surface area contributed by atoms with E-state index >= 15 is 0 Å². The number of hydrogen-bond acceptors (Lipinski definition) is 6. The standard InChI is InChI=1S/C26H22F4N6O4/c1-34-10-15(9-31-34)18-4-3-17-19(32-18)6-7-25(17)23(38)36(24(39)33-25)12-22(37)35-11-14-8-16(27)2-5-20(14)40-13-21(35)26(28,29)30/h2-5,8-10,21H,6-7,11-13H2,1H3,(H,33,39)/t21-,25?/m0/s1. The number of pyridine rings is 1. The Hall–Kier alpha value is -4.49. The first-order valence-electron chi connectivity index (χ1n) is 12.4. The number of fused-ring (bicyclic) bond motifs is 3. The number of nitrogens with zero attached hydrogens (tertiary/aromatic N) is 5. The Morgan fingerprint density at radius 1 is 1.23 bits per heavy atom. The molecule has 1 aromatic carbocycles. The predicted molar refractivity (Wildman–Crippen MR) is 129 cm³/mol. The molecule has 2 aliphatic heterocycles. The Bertz CT molecular complexity index is 1560. The van der Waals surface area contributed by atoms with Gasteiger partial charge in [-0.3, -0.25) is 24.2 Å². The highest BCUT2D eigenvalue weighted by Gasteiger charge is 2.57. The van der Waals surface area contributed by atoms with Crippen LogP contribution in [0.15, 0.2) is 42.7 Å². The van der Waals surface area contributed by atoms with Gasteiger partial charge in [-0.25, -0.2) is 9.18 Å². The molecule has 40 heavy (non-hydrogen) atoms. The molecule has 1 aliphatic carbocycles. The van der Waals surface area contributed by atoms with E-state index in [2.05, 4.69) is 15.4 Å². The molecule has 4 amide bonds. The average Bonchev–Trinajstić information content (AvgIpc) is 3.51. The summed E-state index contributed by atoms with van der Waals surface area (Å²) < 4.78 is 62.5. The molecule has 2 aromatic heterocycles. The molecule has 1 fully saturated rings. The van der Waals surface area contributed by atoms with Gasteiger partial charge in [-0.1, -0.05) is 6.07 Å². The SMILES string of the molecule is Cn1cc(-c2ccc3c(n2)CCC32NC(=O)N(CC(=O)N3Cc4cc(F)ccc4OC[C@H]3C(F)(F)F)C2=O)cn1. The quantitative estimate of drug-likeness (QED) is 0.391. The zero-order valence-corrected chi connectivity index (χ0v) is 21.0. The van der Waals surface area contributed by atoms with Gasteiger partial charge in [-0.2, -0.15) is 18.3 Å². The highest BCUT2D eigenvalue weighted by Crippen LogP contribution is 2.42. The summed E-state index contributed by atoms with van der Waals surface area (Å²) in [4.78, 5) is 45.6. The molecule has 0 bridgehead atoms. The van der Waals surface area contributed by atoms with Crippen LogP contribution in [0.3, 0.4) is 0 Å². The second-order valence-corrected chi connectivity index (χ2v) is 9.96. The molecule has 1 saturated heterocycles. The van der Waals surface area contributed by atoms with E-state index in [0.29, 0.717) is 33.2 Å². The van der Waals surface area contributed by atoms with Crippen LogP contribution in [0, 0.1) is 5.82 Å². The van der Waals surface area contributed by atoms with Gasteiger partial charge >= 0.3 is 12.2 Å². The number of rotatable bonds is 3. The maximum Gasteiger partial charge on any atom is 0.412 e. The summed E-state index contributed by atoms with van der Waals surface area (Å²) >= 11 is 0. The van der Waals surface area contributed by atoms with Crippen molar-refractivity contribution in [2.75, 3.05) is 13.2 Å². The summed E-state index contributed by atoms with van der Waals surface area (Å²) in [7, 11) is 1.76. The molecule has 14 heteroatoms. The van der Waals surface area contributed by atoms with Crippen LogP contribution in [0.1, 0.15) is 23.2 Å². The van der Waals surface area contributed by atoms with Crippen molar-refractivity contribution in [1.29, 1.82) is 0 Å². The Morgan fingerprint density at radius 3 is 2.75 bits per heavy atom. The number of carbonyl (C=O) groups excluding carboxylic acids is 3. The zero-order chi connectivity index (χ0) is 28.4. The highest BCUT2D eigenvalue weighted by atomic mass is 19.4. The molecule has 0 saturated carbocycles. The molecule has 10 nitrogen and oxygen atoms in total. The molecule has 3 aliphatic rings. The average molecular weight is 558 g/mol. The molecule has 6 rings (SSSR count). The van der Waals surface area contributed by atoms with E-state index in [9.17, 15) is 31.9 Å². The lowest BCUT2D eigenvalue weighted by molar-refractivity contribution is -0.195. The molecule has 4 heterocycles. The van der Waals surface area contributed by atoms with Crippen molar-refractivity contribution in [2.45, 2.75) is 37.1 Å². The number of carbonyl (C=O) groups is 3. The normalized spacial score (nSPS) is 22.2. The third kappa shape index (κ3) is 4.14. The smallest absolute Gasteiger partial charge is 0.412 e. The molecular formula is C26H22F4N6O4. The summed E-state index contributed by atoms with van der Waals surface area (Å²) in [5, 5.41) is 6.77. The lowest BCUT2D eigenvalue weighted by Gasteiger charge is -2.31. The zero-order valence-electron chi connectivity index (χ0n) is 21.0. The Labute approximate surface area is 224 Å². The summed E-state index contributed by atoms with van der Waals surface area (Å²) in [5.74, 6) is -2.58. The molecule has 1 unspecified atom stereocenters. The van der Waals surface area contributed by atoms with Crippen LogP contribution in [0.4, 0.5) is 22.4 Å². The maximum absolute atomic E-state index is 13.9. The number of halogens is 4. The van der Waals surface area contributed by atoms with Gasteiger partial charge in [0.2, 0.25) is 5.91 Å². The predicted octanol–water partition coefficient (Wildman–Crippen LogP) is 2.67. The molecule has 3 aromatic rings. The number of benzene rings is 1. The van der Waals surface area contributed by atoms with Crippen molar-refractivity contribution < 1.29 is 36.7 Å². The fraction of sp³-hybridized carbons (Fsp3) is 0.346. The Morgan fingerprint density at radius 2 is 2.02 bits per heavy atom. The number of aromatic nitrogens is 3. The number of aryl methyl sites for hydroxylation is 2. The van der Waals surface area contributed by atoms with Crippen molar-refractivity contribution in [3.63, 3.8) is 0 Å². The van der Waals surface area contributed by atoms with Crippen LogP contribution in [0.25, 0.3) is 11.3 Å². The second kappa shape index (κ2) is 9.03. The van der Waals surface area contributed by atoms with Crippen LogP contribution >= 0.6 is 0 Å². The van der Waals surface area contributed by atoms with Gasteiger partial charge in [0, 0.05) is 35.6 Å². The van der Waals surface area contributed by atoms with Crippen LogP contribution in [0.5, 0.6) is 5.75 Å². The number of imide groups is 1. The minimum absolute atomic E-state index is 0.0145. The highest BCUT2D eigenvalue weighted by molar-refractivity contribution is 6.10. The van der Waals surface area contributed by atoms with Gasteiger partial charge in [0.25, 0.3) is 5.91 Å². The molecule has 1 spiro atoms. The fourth-order valence-corrected chi connectivity index (χ4v) is 5.48. The maximum atomic E-state index is 13.9. The topological polar surface area (TPSA) is 110 Å². The summed E-state index contributed by atoms with van der Waals surface area (Å²) in [5.41, 5.74) is 1.01. The molecule has 0 radical (unpaired) electrons. The van der Waals surface area contributed by atoms with Crippen LogP contribution in [0.2, 0.25) is 0 Å². The van der Waals surface area contributed by atoms with E-state index in [1.165, 1.54) is 6.07 Å². The summed E-state index contributed by atoms with van der Waals surface area (Å²) in [6.45, 7) is -2.47. The van der Waals surface area contributed by atoms with Gasteiger partial charge in [-0.15, -0.1) is 0 Å².